The Morgan fingerprint density at radius 1 is 1.09 bits per heavy atom. The van der Waals surface area contributed by atoms with Crippen LogP contribution in [0.2, 0.25) is 0 Å². The third kappa shape index (κ3) is 2.84. The number of nitrogens with zero attached hydrogens (tertiary/aromatic N) is 2. The Bertz CT molecular complexity index is 690. The minimum Gasteiger partial charge on any atom is -0.306 e. The van der Waals surface area contributed by atoms with Gasteiger partial charge in [0.1, 0.15) is 0 Å². The fraction of sp³-hybridized carbons (Fsp3) is 0.611. The van der Waals surface area contributed by atoms with Crippen LogP contribution in [0.4, 0.5) is 0 Å². The molecule has 1 aliphatic carbocycles. The fourth-order valence-electron chi connectivity index (χ4n) is 3.85. The third-order valence-electron chi connectivity index (χ3n) is 5.33. The number of fused-ring (bicyclic) bond motifs is 1. The zero-order valence-electron chi connectivity index (χ0n) is 13.1. The molecule has 0 unspecified atom stereocenters. The van der Waals surface area contributed by atoms with Gasteiger partial charge in [0.25, 0.3) is 0 Å². The number of hydrogen-bond acceptors (Lipinski definition) is 2. The van der Waals surface area contributed by atoms with Gasteiger partial charge in [-0.1, -0.05) is 25.0 Å². The molecule has 0 amide bonds. The van der Waals surface area contributed by atoms with Crippen LogP contribution in [0.5, 0.6) is 0 Å². The van der Waals surface area contributed by atoms with E-state index in [0.717, 1.165) is 42.9 Å². The van der Waals surface area contributed by atoms with Gasteiger partial charge < -0.3 is 9.88 Å². The molecule has 0 atom stereocenters. The summed E-state index contributed by atoms with van der Waals surface area (Å²) in [4.78, 5) is 17.8. The molecule has 2 aliphatic rings. The van der Waals surface area contributed by atoms with Gasteiger partial charge in [-0.25, -0.2) is 4.79 Å². The molecule has 1 saturated carbocycles. The predicted molar refractivity (Wildman–Crippen MR) is 89.2 cm³/mol. The van der Waals surface area contributed by atoms with E-state index in [1.165, 1.54) is 32.2 Å². The van der Waals surface area contributed by atoms with Crippen molar-refractivity contribution in [2.75, 3.05) is 19.6 Å². The molecule has 4 heteroatoms. The molecule has 1 N–H and O–H groups in total. The van der Waals surface area contributed by atoms with Gasteiger partial charge in [-0.05, 0) is 50.3 Å². The van der Waals surface area contributed by atoms with E-state index < -0.39 is 0 Å². The summed E-state index contributed by atoms with van der Waals surface area (Å²) in [6, 6.07) is 8.38. The van der Waals surface area contributed by atoms with Gasteiger partial charge in [-0.3, -0.25) is 4.57 Å². The van der Waals surface area contributed by atoms with Crippen LogP contribution < -0.4 is 5.69 Å². The number of nitrogens with one attached hydrogen (secondary N) is 1. The Hall–Kier alpha value is -1.55. The summed E-state index contributed by atoms with van der Waals surface area (Å²) in [6.07, 6.45) is 7.87. The summed E-state index contributed by atoms with van der Waals surface area (Å²) in [5.41, 5.74) is 2.06. The molecule has 0 spiro atoms. The number of aromatic nitrogens is 2. The lowest BCUT2D eigenvalue weighted by atomic mass is 10.0. The van der Waals surface area contributed by atoms with Crippen LogP contribution in [0.25, 0.3) is 11.0 Å². The van der Waals surface area contributed by atoms with Crippen molar-refractivity contribution in [2.24, 2.45) is 5.92 Å². The topological polar surface area (TPSA) is 41.0 Å². The van der Waals surface area contributed by atoms with E-state index in [9.17, 15) is 4.79 Å². The number of rotatable bonds is 5. The molecule has 4 rings (SSSR count). The van der Waals surface area contributed by atoms with Crippen LogP contribution >= 0.6 is 0 Å². The molecule has 1 aromatic carbocycles. The lowest BCUT2D eigenvalue weighted by molar-refractivity contribution is 0.183. The molecule has 1 aliphatic heterocycles. The van der Waals surface area contributed by atoms with Gasteiger partial charge in [0, 0.05) is 19.1 Å². The average molecular weight is 299 g/mol. The SMILES string of the molecule is O=c1[nH]c2ccccc2n1C1CCN(CCCC2CC2)CC1. The summed E-state index contributed by atoms with van der Waals surface area (Å²) in [7, 11) is 0. The number of aromatic amines is 1. The first-order chi connectivity index (χ1) is 10.8. The molecule has 4 nitrogen and oxygen atoms in total. The lowest BCUT2D eigenvalue weighted by Crippen LogP contribution is -2.37. The minimum atomic E-state index is 0.0494. The summed E-state index contributed by atoms with van der Waals surface area (Å²) in [5, 5.41) is 0. The summed E-state index contributed by atoms with van der Waals surface area (Å²) < 4.78 is 1.98. The highest BCUT2D eigenvalue weighted by molar-refractivity contribution is 5.75. The Labute approximate surface area is 131 Å². The van der Waals surface area contributed by atoms with Gasteiger partial charge in [0.2, 0.25) is 0 Å². The van der Waals surface area contributed by atoms with Gasteiger partial charge >= 0.3 is 5.69 Å². The Morgan fingerprint density at radius 3 is 2.64 bits per heavy atom. The first-order valence-electron chi connectivity index (χ1n) is 8.73. The number of likely N-dealkylation sites (tertiary alicyclic amines) is 1. The van der Waals surface area contributed by atoms with E-state index in [1.807, 2.05) is 22.8 Å². The van der Waals surface area contributed by atoms with Crippen LogP contribution in [-0.2, 0) is 0 Å². The van der Waals surface area contributed by atoms with Crippen molar-refractivity contribution in [1.82, 2.24) is 14.5 Å². The molecule has 22 heavy (non-hydrogen) atoms. The second kappa shape index (κ2) is 5.92. The monoisotopic (exact) mass is 299 g/mol. The highest BCUT2D eigenvalue weighted by atomic mass is 16.1. The molecular formula is C18H25N3O. The van der Waals surface area contributed by atoms with Gasteiger partial charge in [0.05, 0.1) is 11.0 Å². The normalized spacial score (nSPS) is 20.7. The van der Waals surface area contributed by atoms with Gasteiger partial charge in [-0.15, -0.1) is 0 Å². The molecule has 1 aromatic heterocycles. The standard InChI is InChI=1S/C18H25N3O/c22-18-19-16-5-1-2-6-17(16)21(18)15-9-12-20(13-10-15)11-3-4-14-7-8-14/h1-2,5-6,14-15H,3-4,7-13H2,(H,19,22). The first-order valence-corrected chi connectivity index (χ1v) is 8.73. The number of benzene rings is 1. The smallest absolute Gasteiger partial charge is 0.306 e. The first kappa shape index (κ1) is 14.1. The number of hydrogen-bond donors (Lipinski definition) is 1. The van der Waals surface area contributed by atoms with Crippen LogP contribution in [0.1, 0.15) is 44.6 Å². The number of piperidine rings is 1. The van der Waals surface area contributed by atoms with Crippen LogP contribution in [0.3, 0.4) is 0 Å². The molecule has 2 heterocycles. The molecule has 1 saturated heterocycles. The van der Waals surface area contributed by atoms with Crippen molar-refractivity contribution >= 4 is 11.0 Å². The highest BCUT2D eigenvalue weighted by Crippen LogP contribution is 2.33. The van der Waals surface area contributed by atoms with Crippen molar-refractivity contribution in [2.45, 2.75) is 44.6 Å². The quantitative estimate of drug-likeness (QED) is 0.921. The van der Waals surface area contributed by atoms with Crippen molar-refractivity contribution in [3.8, 4) is 0 Å². The molecule has 0 radical (unpaired) electrons. The average Bonchev–Trinajstić information content (AvgIpc) is 3.29. The van der Waals surface area contributed by atoms with Gasteiger partial charge in [0.15, 0.2) is 0 Å². The van der Waals surface area contributed by atoms with E-state index in [-0.39, 0.29) is 5.69 Å². The van der Waals surface area contributed by atoms with Crippen LogP contribution in [-0.4, -0.2) is 34.1 Å². The zero-order valence-corrected chi connectivity index (χ0v) is 13.1. The van der Waals surface area contributed by atoms with Crippen molar-refractivity contribution < 1.29 is 0 Å². The summed E-state index contributed by atoms with van der Waals surface area (Å²) in [6.45, 7) is 3.49. The van der Waals surface area contributed by atoms with Crippen molar-refractivity contribution in [3.05, 3.63) is 34.7 Å². The fourth-order valence-corrected chi connectivity index (χ4v) is 3.85. The Balaban J connectivity index is 1.39. The third-order valence-corrected chi connectivity index (χ3v) is 5.33. The zero-order chi connectivity index (χ0) is 14.9. The Morgan fingerprint density at radius 2 is 1.86 bits per heavy atom. The van der Waals surface area contributed by atoms with Gasteiger partial charge in [-0.2, -0.15) is 0 Å². The van der Waals surface area contributed by atoms with E-state index >= 15 is 0 Å². The number of para-hydroxylation sites is 2. The van der Waals surface area contributed by atoms with E-state index in [0.29, 0.717) is 6.04 Å². The molecule has 0 bridgehead atoms. The van der Waals surface area contributed by atoms with Crippen LogP contribution in [0.15, 0.2) is 29.1 Å². The summed E-state index contributed by atoms with van der Waals surface area (Å²) >= 11 is 0. The van der Waals surface area contributed by atoms with Crippen molar-refractivity contribution in [3.63, 3.8) is 0 Å². The second-order valence-electron chi connectivity index (χ2n) is 6.98. The molecule has 118 valence electrons. The van der Waals surface area contributed by atoms with E-state index in [1.54, 1.807) is 0 Å². The predicted octanol–water partition coefficient (Wildman–Crippen LogP) is 3.16. The van der Waals surface area contributed by atoms with Crippen LogP contribution in [0, 0.1) is 5.92 Å². The summed E-state index contributed by atoms with van der Waals surface area (Å²) in [5.74, 6) is 1.04. The van der Waals surface area contributed by atoms with E-state index in [2.05, 4.69) is 16.0 Å². The lowest BCUT2D eigenvalue weighted by Gasteiger charge is -2.32. The largest absolute Gasteiger partial charge is 0.326 e. The molecule has 2 aromatic rings. The minimum absolute atomic E-state index is 0.0494. The molecular weight excluding hydrogens is 274 g/mol. The highest BCUT2D eigenvalue weighted by Gasteiger charge is 2.24. The number of H-pyrrole nitrogens is 1. The maximum atomic E-state index is 12.3. The van der Waals surface area contributed by atoms with E-state index in [4.69, 9.17) is 0 Å². The maximum absolute atomic E-state index is 12.3. The second-order valence-corrected chi connectivity index (χ2v) is 6.98. The maximum Gasteiger partial charge on any atom is 0.326 e. The van der Waals surface area contributed by atoms with Crippen molar-refractivity contribution in [1.29, 1.82) is 0 Å². The number of imidazole rings is 1. The Kier molecular flexibility index (Phi) is 3.78. The molecule has 2 fully saturated rings.